The summed E-state index contributed by atoms with van der Waals surface area (Å²) in [6, 6.07) is 2.60. The third-order valence-electron chi connectivity index (χ3n) is 3.29. The summed E-state index contributed by atoms with van der Waals surface area (Å²) in [4.78, 5) is 12.0. The smallest absolute Gasteiger partial charge is 0.368 e. The SMILES string of the molecule is CC(C)c1cc(-n2nnn(C)c2=O)c(OCC(O)CO)cc1F. The minimum absolute atomic E-state index is 0.0296. The number of benzene rings is 1. The van der Waals surface area contributed by atoms with Gasteiger partial charge in [0.1, 0.15) is 30.0 Å². The van der Waals surface area contributed by atoms with Gasteiger partial charge in [0.15, 0.2) is 0 Å². The average molecular weight is 326 g/mol. The lowest BCUT2D eigenvalue weighted by Gasteiger charge is -2.16. The second-order valence-electron chi connectivity index (χ2n) is 5.44. The summed E-state index contributed by atoms with van der Waals surface area (Å²) in [5.74, 6) is -0.575. The van der Waals surface area contributed by atoms with E-state index >= 15 is 0 Å². The van der Waals surface area contributed by atoms with Crippen molar-refractivity contribution in [3.05, 3.63) is 34.0 Å². The van der Waals surface area contributed by atoms with Crippen molar-refractivity contribution in [1.29, 1.82) is 0 Å². The molecule has 0 saturated heterocycles. The van der Waals surface area contributed by atoms with Gasteiger partial charge in [0.25, 0.3) is 0 Å². The Morgan fingerprint density at radius 3 is 2.57 bits per heavy atom. The van der Waals surface area contributed by atoms with Gasteiger partial charge in [-0.3, -0.25) is 0 Å². The summed E-state index contributed by atoms with van der Waals surface area (Å²) in [6.07, 6.45) is -1.12. The fraction of sp³-hybridized carbons (Fsp3) is 0.500. The highest BCUT2D eigenvalue weighted by molar-refractivity contribution is 5.49. The van der Waals surface area contributed by atoms with E-state index in [1.165, 1.54) is 13.1 Å². The number of rotatable bonds is 6. The number of hydrogen-bond acceptors (Lipinski definition) is 6. The minimum atomic E-state index is -1.12. The zero-order valence-electron chi connectivity index (χ0n) is 13.1. The number of nitrogens with zero attached hydrogens (tertiary/aromatic N) is 4. The second-order valence-corrected chi connectivity index (χ2v) is 5.44. The number of aryl methyl sites for hydroxylation is 1. The summed E-state index contributed by atoms with van der Waals surface area (Å²) in [7, 11) is 1.44. The third kappa shape index (κ3) is 3.57. The fourth-order valence-corrected chi connectivity index (χ4v) is 1.99. The van der Waals surface area contributed by atoms with Gasteiger partial charge in [-0.2, -0.15) is 9.36 Å². The van der Waals surface area contributed by atoms with Crippen LogP contribution in [-0.2, 0) is 7.05 Å². The molecule has 1 atom stereocenters. The van der Waals surface area contributed by atoms with E-state index < -0.39 is 24.2 Å². The van der Waals surface area contributed by atoms with Crippen LogP contribution >= 0.6 is 0 Å². The molecule has 1 unspecified atom stereocenters. The van der Waals surface area contributed by atoms with E-state index in [1.54, 1.807) is 0 Å². The molecular weight excluding hydrogens is 307 g/mol. The molecule has 1 aromatic carbocycles. The van der Waals surface area contributed by atoms with Gasteiger partial charge in [0.05, 0.1) is 6.61 Å². The number of ether oxygens (including phenoxy) is 1. The van der Waals surface area contributed by atoms with E-state index in [1.807, 2.05) is 13.8 Å². The largest absolute Gasteiger partial charge is 0.488 e. The van der Waals surface area contributed by atoms with Crippen LogP contribution in [0.2, 0.25) is 0 Å². The molecule has 0 amide bonds. The fourth-order valence-electron chi connectivity index (χ4n) is 1.99. The zero-order chi connectivity index (χ0) is 17.1. The molecule has 0 aliphatic rings. The first-order valence-electron chi connectivity index (χ1n) is 7.09. The van der Waals surface area contributed by atoms with Crippen molar-refractivity contribution in [2.24, 2.45) is 7.05 Å². The van der Waals surface area contributed by atoms with Crippen LogP contribution in [0.4, 0.5) is 4.39 Å². The Hall–Kier alpha value is -2.26. The van der Waals surface area contributed by atoms with Gasteiger partial charge in [-0.1, -0.05) is 13.8 Å². The van der Waals surface area contributed by atoms with Crippen LogP contribution in [0.3, 0.4) is 0 Å². The summed E-state index contributed by atoms with van der Waals surface area (Å²) in [5.41, 5.74) is 0.102. The molecule has 23 heavy (non-hydrogen) atoms. The van der Waals surface area contributed by atoms with Crippen LogP contribution in [0.5, 0.6) is 5.75 Å². The van der Waals surface area contributed by atoms with Gasteiger partial charge in [-0.25, -0.2) is 9.18 Å². The van der Waals surface area contributed by atoms with Crippen LogP contribution in [0.25, 0.3) is 5.69 Å². The van der Waals surface area contributed by atoms with Crippen molar-refractivity contribution in [2.75, 3.05) is 13.2 Å². The lowest BCUT2D eigenvalue weighted by Crippen LogP contribution is -2.25. The molecule has 1 aromatic heterocycles. The molecule has 2 N–H and O–H groups in total. The van der Waals surface area contributed by atoms with E-state index in [9.17, 15) is 14.3 Å². The number of aromatic nitrogens is 4. The van der Waals surface area contributed by atoms with Gasteiger partial charge in [0.2, 0.25) is 0 Å². The zero-order valence-corrected chi connectivity index (χ0v) is 13.1. The van der Waals surface area contributed by atoms with Crippen molar-refractivity contribution in [2.45, 2.75) is 25.9 Å². The molecule has 0 bridgehead atoms. The van der Waals surface area contributed by atoms with Gasteiger partial charge < -0.3 is 14.9 Å². The summed E-state index contributed by atoms with van der Waals surface area (Å²) < 4.78 is 21.6. The maximum Gasteiger partial charge on any atom is 0.368 e. The highest BCUT2D eigenvalue weighted by atomic mass is 19.1. The van der Waals surface area contributed by atoms with Crippen molar-refractivity contribution in [3.63, 3.8) is 0 Å². The molecule has 0 saturated carbocycles. The molecule has 1 heterocycles. The second kappa shape index (κ2) is 6.88. The Kier molecular flexibility index (Phi) is 5.12. The van der Waals surface area contributed by atoms with Gasteiger partial charge in [-0.05, 0) is 28.0 Å². The van der Waals surface area contributed by atoms with Gasteiger partial charge in [-0.15, -0.1) is 0 Å². The normalized spacial score (nSPS) is 12.7. The maximum absolute atomic E-state index is 14.2. The summed E-state index contributed by atoms with van der Waals surface area (Å²) in [5, 5.41) is 25.6. The predicted octanol–water partition coefficient (Wildman–Crippen LogP) is -0.0395. The first kappa shape index (κ1) is 17.1. The van der Waals surface area contributed by atoms with E-state index in [2.05, 4.69) is 10.4 Å². The van der Waals surface area contributed by atoms with Crippen LogP contribution < -0.4 is 10.4 Å². The molecule has 2 rings (SSSR count). The topological polar surface area (TPSA) is 102 Å². The molecule has 2 aromatic rings. The number of hydrogen-bond donors (Lipinski definition) is 2. The maximum atomic E-state index is 14.2. The van der Waals surface area contributed by atoms with Crippen molar-refractivity contribution in [1.82, 2.24) is 19.8 Å². The van der Waals surface area contributed by atoms with Crippen LogP contribution in [0.15, 0.2) is 16.9 Å². The van der Waals surface area contributed by atoms with Crippen molar-refractivity contribution < 1.29 is 19.3 Å². The number of halogens is 1. The third-order valence-corrected chi connectivity index (χ3v) is 3.29. The van der Waals surface area contributed by atoms with E-state index in [0.29, 0.717) is 5.56 Å². The highest BCUT2D eigenvalue weighted by Gasteiger charge is 2.19. The van der Waals surface area contributed by atoms with Gasteiger partial charge in [0, 0.05) is 13.1 Å². The summed E-state index contributed by atoms with van der Waals surface area (Å²) in [6.45, 7) is 2.89. The Labute approximate surface area is 131 Å². The van der Waals surface area contributed by atoms with E-state index in [0.717, 1.165) is 15.4 Å². The van der Waals surface area contributed by atoms with Crippen LogP contribution in [-0.4, -0.2) is 49.3 Å². The lowest BCUT2D eigenvalue weighted by molar-refractivity contribution is 0.0534. The predicted molar refractivity (Wildman–Crippen MR) is 79.2 cm³/mol. The Morgan fingerprint density at radius 1 is 1.35 bits per heavy atom. The first-order chi connectivity index (χ1) is 10.8. The number of aliphatic hydroxyl groups is 2. The molecule has 9 heteroatoms. The lowest BCUT2D eigenvalue weighted by atomic mass is 10.0. The van der Waals surface area contributed by atoms with Gasteiger partial charge >= 0.3 is 5.69 Å². The molecule has 8 nitrogen and oxygen atoms in total. The Bertz CT molecular complexity index is 741. The molecule has 126 valence electrons. The highest BCUT2D eigenvalue weighted by Crippen LogP contribution is 2.29. The Morgan fingerprint density at radius 2 is 2.04 bits per heavy atom. The van der Waals surface area contributed by atoms with Crippen LogP contribution in [0, 0.1) is 5.82 Å². The minimum Gasteiger partial charge on any atom is -0.488 e. The molecule has 0 fully saturated rings. The number of aliphatic hydroxyl groups excluding tert-OH is 2. The average Bonchev–Trinajstić information content (AvgIpc) is 2.84. The van der Waals surface area contributed by atoms with E-state index in [4.69, 9.17) is 9.84 Å². The quantitative estimate of drug-likeness (QED) is 0.772. The standard InChI is InChI=1S/C14H19FN4O4/c1-8(2)10-4-12(19-14(22)18(3)16-17-19)13(5-11(10)15)23-7-9(21)6-20/h4-5,8-9,20-21H,6-7H2,1-3H3. The van der Waals surface area contributed by atoms with Crippen molar-refractivity contribution in [3.8, 4) is 11.4 Å². The van der Waals surface area contributed by atoms with Crippen molar-refractivity contribution >= 4 is 0 Å². The first-order valence-corrected chi connectivity index (χ1v) is 7.09. The summed E-state index contributed by atoms with van der Waals surface area (Å²) >= 11 is 0. The Balaban J connectivity index is 2.53. The molecule has 0 radical (unpaired) electrons. The monoisotopic (exact) mass is 326 g/mol. The van der Waals surface area contributed by atoms with Crippen LogP contribution in [0.1, 0.15) is 25.3 Å². The number of tetrazole rings is 1. The van der Waals surface area contributed by atoms with E-state index in [-0.39, 0.29) is 24.0 Å². The molecule has 0 aliphatic heterocycles. The molecule has 0 spiro atoms. The molecular formula is C14H19FN4O4. The molecule has 0 aliphatic carbocycles.